The Morgan fingerprint density at radius 3 is 2.83 bits per heavy atom. The molecule has 2 nitrogen and oxygen atoms in total. The molecule has 0 N–H and O–H groups in total. The molecule has 0 saturated heterocycles. The van der Waals surface area contributed by atoms with Gasteiger partial charge in [-0.05, 0) is 51.5 Å². The maximum atomic E-state index is 4.44. The molecule has 0 aliphatic carbocycles. The fourth-order valence-corrected chi connectivity index (χ4v) is 3.15. The fourth-order valence-electron chi connectivity index (χ4n) is 2.12. The van der Waals surface area contributed by atoms with Crippen LogP contribution in [0.4, 0.5) is 5.82 Å². The van der Waals surface area contributed by atoms with Gasteiger partial charge in [-0.25, -0.2) is 4.98 Å². The minimum absolute atomic E-state index is 0.946. The number of anilines is 1. The van der Waals surface area contributed by atoms with E-state index in [-0.39, 0.29) is 0 Å². The smallest absolute Gasteiger partial charge is 0.128 e. The Hall–Kier alpha value is -1.13. The molecular weight excluding hydrogens is 308 g/mol. The van der Waals surface area contributed by atoms with E-state index in [1.807, 2.05) is 23.6 Å². The third-order valence-corrected chi connectivity index (χ3v) is 4.50. The van der Waals surface area contributed by atoms with E-state index in [4.69, 9.17) is 0 Å². The maximum Gasteiger partial charge on any atom is 0.128 e. The average Bonchev–Trinajstić information content (AvgIpc) is 2.94. The Morgan fingerprint density at radius 2 is 2.22 bits per heavy atom. The topological polar surface area (TPSA) is 16.1 Å². The second kappa shape index (κ2) is 5.24. The molecule has 0 bridgehead atoms. The number of halogens is 1. The first-order valence-electron chi connectivity index (χ1n) is 5.92. The summed E-state index contributed by atoms with van der Waals surface area (Å²) in [4.78, 5) is 8.15. The van der Waals surface area contributed by atoms with E-state index in [2.05, 4.69) is 55.5 Å². The largest absolute Gasteiger partial charge is 0.353 e. The molecule has 3 rings (SSSR count). The fraction of sp³-hybridized carbons (Fsp3) is 0.214. The molecule has 0 atom stereocenters. The zero-order valence-corrected chi connectivity index (χ0v) is 12.2. The summed E-state index contributed by atoms with van der Waals surface area (Å²) < 4.78 is 1.03. The molecule has 0 fully saturated rings. The van der Waals surface area contributed by atoms with Crippen LogP contribution in [0.15, 0.2) is 46.4 Å². The van der Waals surface area contributed by atoms with Gasteiger partial charge in [0.05, 0.1) is 0 Å². The van der Waals surface area contributed by atoms with Gasteiger partial charge in [-0.1, -0.05) is 12.1 Å². The van der Waals surface area contributed by atoms with Crippen LogP contribution in [0.3, 0.4) is 0 Å². The molecule has 0 amide bonds. The number of pyridine rings is 1. The van der Waals surface area contributed by atoms with Gasteiger partial charge in [-0.3, -0.25) is 0 Å². The van der Waals surface area contributed by atoms with Gasteiger partial charge < -0.3 is 4.90 Å². The lowest BCUT2D eigenvalue weighted by molar-refractivity contribution is 0.817. The van der Waals surface area contributed by atoms with E-state index in [1.165, 1.54) is 10.5 Å². The zero-order chi connectivity index (χ0) is 12.4. The Bertz CT molecular complexity index is 546. The molecule has 3 heterocycles. The molecule has 0 spiro atoms. The second-order valence-electron chi connectivity index (χ2n) is 4.24. The Morgan fingerprint density at radius 1 is 1.28 bits per heavy atom. The highest BCUT2D eigenvalue weighted by Gasteiger charge is 2.14. The van der Waals surface area contributed by atoms with Crippen molar-refractivity contribution in [3.8, 4) is 0 Å². The van der Waals surface area contributed by atoms with Crippen LogP contribution in [-0.4, -0.2) is 18.1 Å². The van der Waals surface area contributed by atoms with Gasteiger partial charge >= 0.3 is 0 Å². The second-order valence-corrected chi connectivity index (χ2v) is 6.10. The monoisotopic (exact) mass is 320 g/mol. The Labute approximate surface area is 119 Å². The molecule has 0 unspecified atom stereocenters. The highest BCUT2D eigenvalue weighted by molar-refractivity contribution is 9.10. The van der Waals surface area contributed by atoms with Crippen LogP contribution < -0.4 is 4.90 Å². The van der Waals surface area contributed by atoms with Gasteiger partial charge in [-0.2, -0.15) is 0 Å². The van der Waals surface area contributed by atoms with Crippen molar-refractivity contribution in [2.45, 2.75) is 6.42 Å². The van der Waals surface area contributed by atoms with Crippen molar-refractivity contribution in [3.05, 3.63) is 51.3 Å². The van der Waals surface area contributed by atoms with Gasteiger partial charge in [-0.15, -0.1) is 11.3 Å². The predicted molar refractivity (Wildman–Crippen MR) is 81.1 cm³/mol. The minimum Gasteiger partial charge on any atom is -0.353 e. The first-order chi connectivity index (χ1) is 8.83. The lowest BCUT2D eigenvalue weighted by Crippen LogP contribution is -2.28. The maximum absolute atomic E-state index is 4.44. The Kier molecular flexibility index (Phi) is 3.48. The molecule has 18 heavy (non-hydrogen) atoms. The molecule has 92 valence electrons. The van der Waals surface area contributed by atoms with E-state index in [0.717, 1.165) is 29.8 Å². The summed E-state index contributed by atoms with van der Waals surface area (Å²) in [6.45, 7) is 1.99. The van der Waals surface area contributed by atoms with Gasteiger partial charge in [0.2, 0.25) is 0 Å². The Balaban J connectivity index is 1.75. The quantitative estimate of drug-likeness (QED) is 0.824. The molecule has 1 aliphatic rings. The summed E-state index contributed by atoms with van der Waals surface area (Å²) in [5.74, 6) is 1.06. The lowest BCUT2D eigenvalue weighted by atomic mass is 10.1. The number of rotatable bonds is 2. The minimum atomic E-state index is 0.946. The third-order valence-electron chi connectivity index (χ3n) is 3.08. The molecule has 2 aromatic heterocycles. The van der Waals surface area contributed by atoms with Gasteiger partial charge in [0.15, 0.2) is 0 Å². The molecule has 2 aromatic rings. The van der Waals surface area contributed by atoms with Crippen molar-refractivity contribution < 1.29 is 0 Å². The van der Waals surface area contributed by atoms with E-state index in [9.17, 15) is 0 Å². The highest BCUT2D eigenvalue weighted by Crippen LogP contribution is 2.27. The van der Waals surface area contributed by atoms with Crippen molar-refractivity contribution in [1.29, 1.82) is 0 Å². The van der Waals surface area contributed by atoms with E-state index < -0.39 is 0 Å². The molecule has 1 aliphatic heterocycles. The summed E-state index contributed by atoms with van der Waals surface area (Å²) in [6.07, 6.45) is 5.27. The standard InChI is InChI=1S/C14H13BrN2S/c15-12-3-4-14(16-10-12)17-7-5-11(6-8-17)13-2-1-9-18-13/h1-5,9-10H,6-8H2. The molecule has 0 aromatic carbocycles. The first kappa shape index (κ1) is 11.9. The van der Waals surface area contributed by atoms with Crippen molar-refractivity contribution in [1.82, 2.24) is 4.98 Å². The lowest BCUT2D eigenvalue weighted by Gasteiger charge is -2.27. The van der Waals surface area contributed by atoms with E-state index in [0.29, 0.717) is 0 Å². The summed E-state index contributed by atoms with van der Waals surface area (Å²) in [5, 5.41) is 2.14. The normalized spacial score (nSPS) is 15.6. The summed E-state index contributed by atoms with van der Waals surface area (Å²) in [5.41, 5.74) is 1.47. The summed E-state index contributed by atoms with van der Waals surface area (Å²) in [7, 11) is 0. The first-order valence-corrected chi connectivity index (χ1v) is 7.59. The third kappa shape index (κ3) is 2.49. The average molecular weight is 321 g/mol. The number of aromatic nitrogens is 1. The zero-order valence-electron chi connectivity index (χ0n) is 9.84. The van der Waals surface area contributed by atoms with E-state index >= 15 is 0 Å². The highest BCUT2D eigenvalue weighted by atomic mass is 79.9. The molecule has 0 radical (unpaired) electrons. The van der Waals surface area contributed by atoms with Crippen molar-refractivity contribution in [2.75, 3.05) is 18.0 Å². The van der Waals surface area contributed by atoms with Crippen LogP contribution in [0, 0.1) is 0 Å². The molecule has 0 saturated carbocycles. The SMILES string of the molecule is Brc1ccc(N2CC=C(c3cccs3)CC2)nc1. The van der Waals surface area contributed by atoms with E-state index in [1.54, 1.807) is 0 Å². The van der Waals surface area contributed by atoms with Crippen LogP contribution in [0.5, 0.6) is 0 Å². The van der Waals surface area contributed by atoms with Gasteiger partial charge in [0.25, 0.3) is 0 Å². The summed E-state index contributed by atoms with van der Waals surface area (Å²) >= 11 is 5.23. The number of hydrogen-bond acceptors (Lipinski definition) is 3. The molecule has 4 heteroatoms. The van der Waals surface area contributed by atoms with Crippen LogP contribution in [0.2, 0.25) is 0 Å². The van der Waals surface area contributed by atoms with Crippen molar-refractivity contribution in [3.63, 3.8) is 0 Å². The number of hydrogen-bond donors (Lipinski definition) is 0. The van der Waals surface area contributed by atoms with Crippen LogP contribution in [-0.2, 0) is 0 Å². The number of thiophene rings is 1. The van der Waals surface area contributed by atoms with Gasteiger partial charge in [0, 0.05) is 28.6 Å². The van der Waals surface area contributed by atoms with Gasteiger partial charge in [0.1, 0.15) is 5.82 Å². The molecular formula is C14H13BrN2S. The van der Waals surface area contributed by atoms with Crippen LogP contribution in [0.1, 0.15) is 11.3 Å². The number of nitrogens with zero attached hydrogens (tertiary/aromatic N) is 2. The summed E-state index contributed by atoms with van der Waals surface area (Å²) in [6, 6.07) is 8.42. The van der Waals surface area contributed by atoms with Crippen LogP contribution >= 0.6 is 27.3 Å². The van der Waals surface area contributed by atoms with Crippen molar-refractivity contribution >= 4 is 38.7 Å². The predicted octanol–water partition coefficient (Wildman–Crippen LogP) is 4.20. The van der Waals surface area contributed by atoms with Crippen molar-refractivity contribution in [2.24, 2.45) is 0 Å². The van der Waals surface area contributed by atoms with Crippen LogP contribution in [0.25, 0.3) is 5.57 Å².